The minimum Gasteiger partial charge on any atom is -1.00 e. The molecule has 226 valence electrons. The van der Waals surface area contributed by atoms with Gasteiger partial charge in [0, 0.05) is 35.1 Å². The second-order valence-electron chi connectivity index (χ2n) is 9.79. The minimum atomic E-state index is -1.30. The van der Waals surface area contributed by atoms with Crippen molar-refractivity contribution in [2.45, 2.75) is 26.2 Å². The van der Waals surface area contributed by atoms with Crippen molar-refractivity contribution in [3.63, 3.8) is 0 Å². The number of halogens is 2. The number of benzene rings is 3. The molecular formula is C31H29F2MgN3O7. The molecule has 10 nitrogen and oxygen atoms in total. The van der Waals surface area contributed by atoms with Crippen molar-refractivity contribution in [1.29, 1.82) is 0 Å². The fourth-order valence-electron chi connectivity index (χ4n) is 4.34. The molecule has 4 aromatic rings. The van der Waals surface area contributed by atoms with E-state index in [-0.39, 0.29) is 56.1 Å². The number of amides is 2. The molecule has 1 aromatic heterocycles. The monoisotopic (exact) mass is 617 g/mol. The van der Waals surface area contributed by atoms with Gasteiger partial charge in [-0.05, 0) is 68.3 Å². The first-order chi connectivity index (χ1) is 20.7. The molecule has 1 aliphatic rings. The predicted molar refractivity (Wildman–Crippen MR) is 160 cm³/mol. The van der Waals surface area contributed by atoms with E-state index in [9.17, 15) is 18.8 Å². The topological polar surface area (TPSA) is 136 Å². The van der Waals surface area contributed by atoms with E-state index in [1.165, 1.54) is 42.6 Å². The van der Waals surface area contributed by atoms with Crippen LogP contribution < -0.4 is 24.8 Å². The molecule has 1 saturated carbocycles. The number of carbonyl (C=O) groups excluding carboxylic acids is 2. The Balaban J connectivity index is 0.00000245. The maximum absolute atomic E-state index is 15.2. The number of hydrogen-bond donors (Lipinski definition) is 3. The summed E-state index contributed by atoms with van der Waals surface area (Å²) in [7, 11) is 0. The molecule has 0 bridgehead atoms. The van der Waals surface area contributed by atoms with E-state index in [0.717, 1.165) is 6.07 Å². The number of rotatable bonds is 12. The minimum absolute atomic E-state index is 0. The van der Waals surface area contributed by atoms with Crippen molar-refractivity contribution in [2.24, 2.45) is 5.41 Å². The van der Waals surface area contributed by atoms with E-state index >= 15 is 4.39 Å². The molecule has 1 fully saturated rings. The van der Waals surface area contributed by atoms with E-state index < -0.39 is 34.8 Å². The Morgan fingerprint density at radius 1 is 0.886 bits per heavy atom. The average molecular weight is 618 g/mol. The largest absolute Gasteiger partial charge is 2.00 e. The van der Waals surface area contributed by atoms with Crippen molar-refractivity contribution in [3.05, 3.63) is 78.5 Å². The number of carboxylic acid groups (broad SMARTS) is 1. The zero-order valence-electron chi connectivity index (χ0n) is 25.7. The van der Waals surface area contributed by atoms with Crippen LogP contribution in [-0.2, 0) is 14.4 Å². The van der Waals surface area contributed by atoms with Gasteiger partial charge < -0.3 is 32.8 Å². The molecule has 44 heavy (non-hydrogen) atoms. The summed E-state index contributed by atoms with van der Waals surface area (Å²) in [6.07, 6.45) is 1.92. The molecule has 0 aliphatic heterocycles. The van der Waals surface area contributed by atoms with E-state index in [0.29, 0.717) is 47.5 Å². The zero-order chi connectivity index (χ0) is 30.6. The van der Waals surface area contributed by atoms with E-state index in [1.807, 2.05) is 0 Å². The quantitative estimate of drug-likeness (QED) is 0.135. The Morgan fingerprint density at radius 3 is 2.18 bits per heavy atom. The first-order valence-corrected chi connectivity index (χ1v) is 13.4. The Kier molecular flexibility index (Phi) is 10.2. The molecule has 0 unspecified atom stereocenters. The third-order valence-corrected chi connectivity index (χ3v) is 6.77. The maximum atomic E-state index is 15.2. The van der Waals surface area contributed by atoms with Crippen LogP contribution in [0.5, 0.6) is 23.0 Å². The number of nitrogens with one attached hydrogen (secondary N) is 2. The van der Waals surface area contributed by atoms with Gasteiger partial charge in [0.05, 0.1) is 25.2 Å². The van der Waals surface area contributed by atoms with Crippen molar-refractivity contribution in [2.75, 3.05) is 23.8 Å². The van der Waals surface area contributed by atoms with Crippen molar-refractivity contribution in [3.8, 4) is 23.0 Å². The van der Waals surface area contributed by atoms with Crippen LogP contribution in [0.25, 0.3) is 10.9 Å². The Bertz CT molecular complexity index is 1710. The molecule has 2 amide bonds. The van der Waals surface area contributed by atoms with Gasteiger partial charge in [0.15, 0.2) is 23.1 Å². The second kappa shape index (κ2) is 13.9. The maximum Gasteiger partial charge on any atom is 2.00 e. The molecule has 3 N–H and O–H groups in total. The van der Waals surface area contributed by atoms with Crippen molar-refractivity contribution >= 4 is 63.1 Å². The summed E-state index contributed by atoms with van der Waals surface area (Å²) in [5, 5.41) is 14.6. The van der Waals surface area contributed by atoms with Crippen LogP contribution in [-0.4, -0.2) is 64.1 Å². The predicted octanol–water partition coefficient (Wildman–Crippen LogP) is 5.76. The number of carbonyl (C=O) groups is 3. The summed E-state index contributed by atoms with van der Waals surface area (Å²) in [5.41, 5.74) is -0.358. The number of ether oxygens (including phenoxy) is 3. The molecule has 3 aromatic carbocycles. The van der Waals surface area contributed by atoms with Crippen LogP contribution >= 0.6 is 0 Å². The molecule has 0 radical (unpaired) electrons. The third-order valence-electron chi connectivity index (χ3n) is 6.77. The molecule has 0 saturated heterocycles. The molecule has 1 aliphatic carbocycles. The summed E-state index contributed by atoms with van der Waals surface area (Å²) in [4.78, 5) is 41.0. The standard InChI is InChI=1S/C31H27F2N3O7.Mg.2H/c1-2-41-26-16-21-23(17-27(26)42-14-10-28(37)38)34-13-9-24(21)43-25-8-7-20(15-22(25)33)36-30(40)31(11-12-31)29(39)35-19-5-3-18(32)4-6-19;;;/h3-9,13,15-17H,2,10-12,14H2,1H3,(H,35,39)(H,36,40)(H,37,38);;;/q;+2;2*-1. The fourth-order valence-corrected chi connectivity index (χ4v) is 4.34. The van der Waals surface area contributed by atoms with Gasteiger partial charge in [-0.2, -0.15) is 0 Å². The van der Waals surface area contributed by atoms with Gasteiger partial charge in [0.25, 0.3) is 0 Å². The number of hydrogen-bond acceptors (Lipinski definition) is 7. The fraction of sp³-hybridized carbons (Fsp3) is 0.226. The van der Waals surface area contributed by atoms with Crippen molar-refractivity contribution < 1.29 is 45.3 Å². The average Bonchev–Trinajstić information content (AvgIpc) is 3.79. The molecular weight excluding hydrogens is 589 g/mol. The molecule has 13 heteroatoms. The van der Waals surface area contributed by atoms with Crippen LogP contribution in [0.1, 0.15) is 29.0 Å². The Morgan fingerprint density at radius 2 is 1.55 bits per heavy atom. The summed E-state index contributed by atoms with van der Waals surface area (Å²) in [5.74, 6) is -2.52. The number of anilines is 2. The number of nitrogens with zero attached hydrogens (tertiary/aromatic N) is 1. The van der Waals surface area contributed by atoms with Gasteiger partial charge in [-0.25, -0.2) is 8.78 Å². The van der Waals surface area contributed by atoms with Crippen LogP contribution in [0.15, 0.2) is 66.9 Å². The first kappa shape index (κ1) is 32.4. The van der Waals surface area contributed by atoms with Gasteiger partial charge in [0.1, 0.15) is 17.0 Å². The summed E-state index contributed by atoms with van der Waals surface area (Å²) in [6, 6.07) is 13.8. The molecule has 5 rings (SSSR count). The van der Waals surface area contributed by atoms with E-state index in [1.54, 1.807) is 25.1 Å². The van der Waals surface area contributed by atoms with E-state index in [2.05, 4.69) is 15.6 Å². The number of aliphatic carboxylic acids is 1. The second-order valence-corrected chi connectivity index (χ2v) is 9.79. The first-order valence-electron chi connectivity index (χ1n) is 13.4. The van der Waals surface area contributed by atoms with Crippen molar-refractivity contribution in [1.82, 2.24) is 4.98 Å². The summed E-state index contributed by atoms with van der Waals surface area (Å²) >= 11 is 0. The Labute approximate surface area is 269 Å². The number of fused-ring (bicyclic) bond motifs is 1. The summed E-state index contributed by atoms with van der Waals surface area (Å²) < 4.78 is 45.4. The number of aromatic nitrogens is 1. The SMILES string of the molecule is CCOc1cc2c(Oc3ccc(NC(=O)C4(C(=O)Nc5ccc(F)cc5)CC4)cc3F)ccnc2cc1OCCC(=O)O.[H-].[H-].[Mg+2]. The zero-order valence-corrected chi connectivity index (χ0v) is 25.1. The Hall–Kier alpha value is -4.49. The number of pyridine rings is 1. The van der Waals surface area contributed by atoms with Gasteiger partial charge in [-0.3, -0.25) is 19.4 Å². The van der Waals surface area contributed by atoms with Crippen LogP contribution in [0.2, 0.25) is 0 Å². The van der Waals surface area contributed by atoms with Gasteiger partial charge in [0.2, 0.25) is 11.8 Å². The smallest absolute Gasteiger partial charge is 1.00 e. The van der Waals surface area contributed by atoms with Crippen LogP contribution in [0.4, 0.5) is 20.2 Å². The third kappa shape index (κ3) is 7.34. The summed E-state index contributed by atoms with van der Waals surface area (Å²) in [6.45, 7) is 2.03. The van der Waals surface area contributed by atoms with E-state index in [4.69, 9.17) is 19.3 Å². The van der Waals surface area contributed by atoms with Gasteiger partial charge in [-0.1, -0.05) is 0 Å². The molecule has 0 spiro atoms. The normalized spacial score (nSPS) is 12.9. The van der Waals surface area contributed by atoms with Gasteiger partial charge >= 0.3 is 29.0 Å². The molecule has 0 atom stereocenters. The molecule has 1 heterocycles. The number of carboxylic acids is 1. The van der Waals surface area contributed by atoms with Crippen LogP contribution in [0.3, 0.4) is 0 Å². The van der Waals surface area contributed by atoms with Crippen LogP contribution in [0, 0.1) is 17.0 Å². The van der Waals surface area contributed by atoms with Gasteiger partial charge in [-0.15, -0.1) is 0 Å².